The zero-order valence-electron chi connectivity index (χ0n) is 16.6. The molecule has 2 aliphatic rings. The number of ether oxygens (including phenoxy) is 1. The van der Waals surface area contributed by atoms with E-state index in [1.54, 1.807) is 0 Å². The number of carbonyl (C=O) groups excluding carboxylic acids is 3. The molecule has 0 aliphatic carbocycles. The first-order chi connectivity index (χ1) is 14.9. The van der Waals surface area contributed by atoms with E-state index < -0.39 is 35.5 Å². The monoisotopic (exact) mass is 429 g/mol. The van der Waals surface area contributed by atoms with E-state index in [0.29, 0.717) is 12.7 Å². The van der Waals surface area contributed by atoms with Crippen molar-refractivity contribution in [3.63, 3.8) is 0 Å². The summed E-state index contributed by atoms with van der Waals surface area (Å²) < 4.78 is 32.5. The normalized spacial score (nSPS) is 21.0. The van der Waals surface area contributed by atoms with E-state index in [9.17, 15) is 23.2 Å². The van der Waals surface area contributed by atoms with Gasteiger partial charge in [-0.05, 0) is 17.7 Å². The Morgan fingerprint density at radius 2 is 1.77 bits per heavy atom. The zero-order valence-corrected chi connectivity index (χ0v) is 16.6. The van der Waals surface area contributed by atoms with Crippen molar-refractivity contribution in [2.75, 3.05) is 26.2 Å². The molecule has 1 N–H and O–H groups in total. The zero-order chi connectivity index (χ0) is 22.0. The van der Waals surface area contributed by atoms with Gasteiger partial charge in [0.25, 0.3) is 5.91 Å². The Balaban J connectivity index is 1.37. The van der Waals surface area contributed by atoms with Gasteiger partial charge in [0.2, 0.25) is 11.8 Å². The smallest absolute Gasteiger partial charge is 0.254 e. The molecule has 0 spiro atoms. The van der Waals surface area contributed by atoms with E-state index in [1.807, 2.05) is 30.3 Å². The van der Waals surface area contributed by atoms with Crippen LogP contribution in [-0.2, 0) is 20.9 Å². The first-order valence-corrected chi connectivity index (χ1v) is 9.90. The van der Waals surface area contributed by atoms with Crippen molar-refractivity contribution in [3.8, 4) is 0 Å². The summed E-state index contributed by atoms with van der Waals surface area (Å²) in [5.74, 6) is -2.97. The van der Waals surface area contributed by atoms with Crippen LogP contribution in [0.3, 0.4) is 0 Å². The minimum absolute atomic E-state index is 0.0356. The van der Waals surface area contributed by atoms with E-state index in [1.165, 1.54) is 9.80 Å². The number of carbonyl (C=O) groups is 3. The average Bonchev–Trinajstić information content (AvgIpc) is 2.76. The van der Waals surface area contributed by atoms with Crippen LogP contribution in [0.5, 0.6) is 0 Å². The maximum absolute atomic E-state index is 13.5. The van der Waals surface area contributed by atoms with Crippen LogP contribution in [0.2, 0.25) is 0 Å². The largest absolute Gasteiger partial charge is 0.374 e. The SMILES string of the molecule is O=C1N[C@@H](COCc2ccccc2)C(=O)N2CCN(C(=O)c3cc(F)cc(F)c3)C[C@H]12. The van der Waals surface area contributed by atoms with Crippen molar-refractivity contribution in [3.05, 3.63) is 71.3 Å². The van der Waals surface area contributed by atoms with Crippen molar-refractivity contribution >= 4 is 17.7 Å². The minimum Gasteiger partial charge on any atom is -0.374 e. The van der Waals surface area contributed by atoms with Gasteiger partial charge in [-0.2, -0.15) is 0 Å². The summed E-state index contributed by atoms with van der Waals surface area (Å²) in [5.41, 5.74) is 0.816. The Kier molecular flexibility index (Phi) is 5.94. The lowest BCUT2D eigenvalue weighted by Crippen LogP contribution is -2.70. The molecule has 0 bridgehead atoms. The number of hydrogen-bond donors (Lipinski definition) is 1. The second kappa shape index (κ2) is 8.81. The summed E-state index contributed by atoms with van der Waals surface area (Å²) in [5, 5.41) is 2.66. The highest BCUT2D eigenvalue weighted by Gasteiger charge is 2.44. The van der Waals surface area contributed by atoms with Crippen molar-refractivity contribution in [1.29, 1.82) is 0 Å². The summed E-state index contributed by atoms with van der Waals surface area (Å²) in [4.78, 5) is 40.8. The van der Waals surface area contributed by atoms with Gasteiger partial charge in [-0.1, -0.05) is 30.3 Å². The Morgan fingerprint density at radius 1 is 1.06 bits per heavy atom. The van der Waals surface area contributed by atoms with Crippen LogP contribution >= 0.6 is 0 Å². The Bertz CT molecular complexity index is 981. The summed E-state index contributed by atoms with van der Waals surface area (Å²) in [6.07, 6.45) is 0. The van der Waals surface area contributed by atoms with E-state index in [-0.39, 0.29) is 37.7 Å². The Labute approximate surface area is 177 Å². The molecule has 2 fully saturated rings. The van der Waals surface area contributed by atoms with Gasteiger partial charge >= 0.3 is 0 Å². The van der Waals surface area contributed by atoms with Crippen LogP contribution in [0.15, 0.2) is 48.5 Å². The van der Waals surface area contributed by atoms with E-state index in [2.05, 4.69) is 5.32 Å². The highest BCUT2D eigenvalue weighted by Crippen LogP contribution is 2.19. The number of hydrogen-bond acceptors (Lipinski definition) is 4. The van der Waals surface area contributed by atoms with Crippen LogP contribution in [-0.4, -0.2) is 65.8 Å². The molecule has 31 heavy (non-hydrogen) atoms. The third-order valence-electron chi connectivity index (χ3n) is 5.37. The molecule has 2 atom stereocenters. The molecule has 0 aromatic heterocycles. The van der Waals surface area contributed by atoms with Gasteiger partial charge in [0.1, 0.15) is 23.7 Å². The lowest BCUT2D eigenvalue weighted by molar-refractivity contribution is -0.154. The molecule has 2 saturated heterocycles. The number of nitrogens with zero attached hydrogens (tertiary/aromatic N) is 2. The van der Waals surface area contributed by atoms with Crippen LogP contribution in [0.1, 0.15) is 15.9 Å². The lowest BCUT2D eigenvalue weighted by atomic mass is 10.0. The molecule has 0 saturated carbocycles. The van der Waals surface area contributed by atoms with Gasteiger partial charge in [-0.25, -0.2) is 8.78 Å². The number of piperazine rings is 2. The number of halogens is 2. The van der Waals surface area contributed by atoms with Gasteiger partial charge in [0.15, 0.2) is 0 Å². The molecule has 0 unspecified atom stereocenters. The van der Waals surface area contributed by atoms with Gasteiger partial charge in [0.05, 0.1) is 19.8 Å². The van der Waals surface area contributed by atoms with Gasteiger partial charge in [0, 0.05) is 24.7 Å². The van der Waals surface area contributed by atoms with Crippen molar-refractivity contribution in [2.45, 2.75) is 18.7 Å². The van der Waals surface area contributed by atoms with E-state index in [4.69, 9.17) is 4.74 Å². The maximum Gasteiger partial charge on any atom is 0.254 e. The maximum atomic E-state index is 13.5. The first-order valence-electron chi connectivity index (χ1n) is 9.90. The van der Waals surface area contributed by atoms with Crippen LogP contribution < -0.4 is 5.32 Å². The molecular weight excluding hydrogens is 408 g/mol. The molecule has 3 amide bonds. The lowest BCUT2D eigenvalue weighted by Gasteiger charge is -2.45. The predicted molar refractivity (Wildman–Crippen MR) is 106 cm³/mol. The third-order valence-corrected chi connectivity index (χ3v) is 5.37. The molecule has 2 aromatic carbocycles. The highest BCUT2D eigenvalue weighted by molar-refractivity contribution is 5.99. The standard InChI is InChI=1S/C22H21F2N3O4/c23-16-8-15(9-17(24)10-16)21(29)26-6-7-27-19(11-26)20(28)25-18(22(27)30)13-31-12-14-4-2-1-3-5-14/h1-5,8-10,18-19H,6-7,11-13H2,(H,25,28)/t18-,19+/m0/s1. The van der Waals surface area contributed by atoms with Crippen LogP contribution in [0.4, 0.5) is 8.78 Å². The Hall–Kier alpha value is -3.33. The second-order valence-electron chi connectivity index (χ2n) is 7.52. The molecular formula is C22H21F2N3O4. The number of rotatable bonds is 5. The van der Waals surface area contributed by atoms with Crippen LogP contribution in [0, 0.1) is 11.6 Å². The predicted octanol–water partition coefficient (Wildman–Crippen LogP) is 1.33. The van der Waals surface area contributed by atoms with Crippen molar-refractivity contribution < 1.29 is 27.9 Å². The fourth-order valence-corrected chi connectivity index (χ4v) is 3.83. The molecule has 2 aromatic rings. The minimum atomic E-state index is -0.856. The molecule has 162 valence electrons. The van der Waals surface area contributed by atoms with E-state index in [0.717, 1.165) is 17.7 Å². The number of benzene rings is 2. The third kappa shape index (κ3) is 4.56. The molecule has 4 rings (SSSR count). The van der Waals surface area contributed by atoms with Crippen molar-refractivity contribution in [1.82, 2.24) is 15.1 Å². The molecule has 2 heterocycles. The summed E-state index contributed by atoms with van der Waals surface area (Å²) >= 11 is 0. The molecule has 0 radical (unpaired) electrons. The fourth-order valence-electron chi connectivity index (χ4n) is 3.83. The van der Waals surface area contributed by atoms with Crippen molar-refractivity contribution in [2.24, 2.45) is 0 Å². The van der Waals surface area contributed by atoms with Gasteiger partial charge in [-0.15, -0.1) is 0 Å². The molecule has 2 aliphatic heterocycles. The molecule has 9 heteroatoms. The van der Waals surface area contributed by atoms with Gasteiger partial charge < -0.3 is 19.9 Å². The Morgan fingerprint density at radius 3 is 2.48 bits per heavy atom. The van der Waals surface area contributed by atoms with E-state index >= 15 is 0 Å². The quantitative estimate of drug-likeness (QED) is 0.778. The second-order valence-corrected chi connectivity index (χ2v) is 7.52. The molecule has 7 nitrogen and oxygen atoms in total. The first kappa shape index (κ1) is 20.9. The highest BCUT2D eigenvalue weighted by atomic mass is 19.1. The van der Waals surface area contributed by atoms with Gasteiger partial charge in [-0.3, -0.25) is 14.4 Å². The van der Waals surface area contributed by atoms with Crippen LogP contribution in [0.25, 0.3) is 0 Å². The average molecular weight is 429 g/mol. The summed E-state index contributed by atoms with van der Waals surface area (Å²) in [7, 11) is 0. The number of fused-ring (bicyclic) bond motifs is 1. The summed E-state index contributed by atoms with van der Waals surface area (Å²) in [6.45, 7) is 0.607. The summed E-state index contributed by atoms with van der Waals surface area (Å²) in [6, 6.07) is 10.4. The topological polar surface area (TPSA) is 79.0 Å². The fraction of sp³-hybridized carbons (Fsp3) is 0.318. The number of nitrogens with one attached hydrogen (secondary N) is 1. The number of amides is 3.